The van der Waals surface area contributed by atoms with E-state index in [1.54, 1.807) is 0 Å². The molecule has 1 N–H and O–H groups in total. The Morgan fingerprint density at radius 2 is 2.00 bits per heavy atom. The first-order valence-corrected chi connectivity index (χ1v) is 4.59. The van der Waals surface area contributed by atoms with E-state index in [0.29, 0.717) is 0 Å². The Hall–Kier alpha value is -1.45. The van der Waals surface area contributed by atoms with Crippen molar-refractivity contribution in [1.29, 1.82) is 0 Å². The van der Waals surface area contributed by atoms with E-state index in [4.69, 9.17) is 5.11 Å². The maximum absolute atomic E-state index is 13.3. The molecule has 1 rings (SSSR count). The van der Waals surface area contributed by atoms with Crippen molar-refractivity contribution in [2.75, 3.05) is 0 Å². The molecule has 4 heteroatoms. The fraction of sp³-hybridized carbons (Fsp3) is 0.364. The molecule has 15 heavy (non-hydrogen) atoms. The van der Waals surface area contributed by atoms with Crippen molar-refractivity contribution in [3.8, 4) is 0 Å². The Labute approximate surface area is 86.5 Å². The molecule has 0 radical (unpaired) electrons. The van der Waals surface area contributed by atoms with Gasteiger partial charge < -0.3 is 5.11 Å². The molecule has 1 atom stereocenters. The lowest BCUT2D eigenvalue weighted by atomic mass is 9.99. The van der Waals surface area contributed by atoms with Gasteiger partial charge in [-0.05, 0) is 36.6 Å². The van der Waals surface area contributed by atoms with Crippen molar-refractivity contribution in [2.24, 2.45) is 5.92 Å². The van der Waals surface area contributed by atoms with Crippen molar-refractivity contribution in [3.05, 3.63) is 34.9 Å². The molecule has 0 fully saturated rings. The molecular formula is C11H12F2O2. The van der Waals surface area contributed by atoms with Gasteiger partial charge in [0.05, 0.1) is 5.92 Å². The summed E-state index contributed by atoms with van der Waals surface area (Å²) in [7, 11) is 0. The van der Waals surface area contributed by atoms with Crippen LogP contribution in [0.15, 0.2) is 12.1 Å². The predicted octanol–water partition coefficient (Wildman–Crippen LogP) is 2.54. The van der Waals surface area contributed by atoms with Crippen LogP contribution in [0.5, 0.6) is 0 Å². The highest BCUT2D eigenvalue weighted by Gasteiger charge is 2.15. The van der Waals surface area contributed by atoms with Gasteiger partial charge in [0.25, 0.3) is 0 Å². The predicted molar refractivity (Wildman–Crippen MR) is 51.6 cm³/mol. The fourth-order valence-corrected chi connectivity index (χ4v) is 1.26. The van der Waals surface area contributed by atoms with Crippen LogP contribution in [0, 0.1) is 24.5 Å². The highest BCUT2D eigenvalue weighted by molar-refractivity contribution is 5.69. The van der Waals surface area contributed by atoms with Crippen molar-refractivity contribution in [2.45, 2.75) is 20.3 Å². The van der Waals surface area contributed by atoms with Gasteiger partial charge in [-0.25, -0.2) is 8.78 Å². The minimum Gasteiger partial charge on any atom is -0.481 e. The lowest BCUT2D eigenvalue weighted by molar-refractivity contribution is -0.141. The van der Waals surface area contributed by atoms with E-state index in [1.807, 2.05) is 0 Å². The van der Waals surface area contributed by atoms with Gasteiger partial charge in [-0.1, -0.05) is 6.92 Å². The van der Waals surface area contributed by atoms with Gasteiger partial charge in [-0.3, -0.25) is 4.79 Å². The van der Waals surface area contributed by atoms with Crippen molar-refractivity contribution < 1.29 is 18.7 Å². The lowest BCUT2D eigenvalue weighted by Crippen LogP contribution is -2.13. The highest BCUT2D eigenvalue weighted by Crippen LogP contribution is 2.17. The molecule has 0 spiro atoms. The average Bonchev–Trinajstić information content (AvgIpc) is 2.13. The van der Waals surface area contributed by atoms with Crippen molar-refractivity contribution in [3.63, 3.8) is 0 Å². The van der Waals surface area contributed by atoms with Crippen LogP contribution in [0.2, 0.25) is 0 Å². The van der Waals surface area contributed by atoms with E-state index in [-0.39, 0.29) is 17.5 Å². The zero-order valence-electron chi connectivity index (χ0n) is 8.55. The summed E-state index contributed by atoms with van der Waals surface area (Å²) in [5, 5.41) is 8.64. The second-order valence-electron chi connectivity index (χ2n) is 3.64. The molecule has 0 saturated heterocycles. The SMILES string of the molecule is Cc1cc(F)c(CC(C)C(=O)O)cc1F. The Morgan fingerprint density at radius 3 is 2.53 bits per heavy atom. The topological polar surface area (TPSA) is 37.3 Å². The normalized spacial score (nSPS) is 12.5. The van der Waals surface area contributed by atoms with E-state index in [2.05, 4.69) is 0 Å². The molecular weight excluding hydrogens is 202 g/mol. The number of hydrogen-bond acceptors (Lipinski definition) is 1. The van der Waals surface area contributed by atoms with Crippen LogP contribution in [-0.4, -0.2) is 11.1 Å². The molecule has 82 valence electrons. The average molecular weight is 214 g/mol. The van der Waals surface area contributed by atoms with Crippen LogP contribution in [-0.2, 0) is 11.2 Å². The largest absolute Gasteiger partial charge is 0.481 e. The van der Waals surface area contributed by atoms with Crippen LogP contribution >= 0.6 is 0 Å². The highest BCUT2D eigenvalue weighted by atomic mass is 19.1. The first-order chi connectivity index (χ1) is 6.91. The summed E-state index contributed by atoms with van der Waals surface area (Å²) >= 11 is 0. The third kappa shape index (κ3) is 2.75. The molecule has 0 aliphatic heterocycles. The molecule has 0 heterocycles. The minimum absolute atomic E-state index is 0.00162. The smallest absolute Gasteiger partial charge is 0.306 e. The molecule has 1 aromatic carbocycles. The Morgan fingerprint density at radius 1 is 1.40 bits per heavy atom. The fourth-order valence-electron chi connectivity index (χ4n) is 1.26. The molecule has 0 saturated carbocycles. The van der Waals surface area contributed by atoms with Crippen LogP contribution in [0.1, 0.15) is 18.1 Å². The molecule has 0 bridgehead atoms. The summed E-state index contributed by atoms with van der Waals surface area (Å²) in [6.45, 7) is 2.92. The number of rotatable bonds is 3. The van der Waals surface area contributed by atoms with Gasteiger partial charge in [0.2, 0.25) is 0 Å². The third-order valence-corrected chi connectivity index (χ3v) is 2.28. The van der Waals surface area contributed by atoms with E-state index >= 15 is 0 Å². The van der Waals surface area contributed by atoms with E-state index < -0.39 is 23.5 Å². The van der Waals surface area contributed by atoms with Crippen LogP contribution in [0.4, 0.5) is 8.78 Å². The maximum Gasteiger partial charge on any atom is 0.306 e. The van der Waals surface area contributed by atoms with E-state index in [1.165, 1.54) is 13.8 Å². The van der Waals surface area contributed by atoms with Crippen LogP contribution in [0.3, 0.4) is 0 Å². The summed E-state index contributed by atoms with van der Waals surface area (Å²) in [6, 6.07) is 2.14. The molecule has 1 aromatic rings. The van der Waals surface area contributed by atoms with Gasteiger partial charge >= 0.3 is 5.97 Å². The number of aliphatic carboxylic acids is 1. The molecule has 0 aromatic heterocycles. The lowest BCUT2D eigenvalue weighted by Gasteiger charge is -2.08. The summed E-state index contributed by atoms with van der Waals surface area (Å²) in [5.74, 6) is -2.80. The van der Waals surface area contributed by atoms with Gasteiger partial charge in [0.1, 0.15) is 11.6 Å². The summed E-state index contributed by atoms with van der Waals surface area (Å²) in [5.41, 5.74) is 0.326. The Bertz CT molecular complexity index is 388. The van der Waals surface area contributed by atoms with E-state index in [9.17, 15) is 13.6 Å². The second kappa shape index (κ2) is 4.38. The first-order valence-electron chi connectivity index (χ1n) is 4.59. The van der Waals surface area contributed by atoms with Crippen molar-refractivity contribution in [1.82, 2.24) is 0 Å². The van der Waals surface area contributed by atoms with Crippen molar-refractivity contribution >= 4 is 5.97 Å². The van der Waals surface area contributed by atoms with Gasteiger partial charge in [0, 0.05) is 0 Å². The Kier molecular flexibility index (Phi) is 3.39. The molecule has 1 unspecified atom stereocenters. The first kappa shape index (κ1) is 11.6. The van der Waals surface area contributed by atoms with Crippen LogP contribution < -0.4 is 0 Å². The van der Waals surface area contributed by atoms with Gasteiger partial charge in [-0.15, -0.1) is 0 Å². The van der Waals surface area contributed by atoms with Gasteiger partial charge in [-0.2, -0.15) is 0 Å². The van der Waals surface area contributed by atoms with E-state index in [0.717, 1.165) is 12.1 Å². The molecule has 0 aliphatic carbocycles. The summed E-state index contributed by atoms with van der Waals surface area (Å²) in [4.78, 5) is 10.6. The number of carboxylic acids is 1. The van der Waals surface area contributed by atoms with Crippen LogP contribution in [0.25, 0.3) is 0 Å². The third-order valence-electron chi connectivity index (χ3n) is 2.28. The molecule has 2 nitrogen and oxygen atoms in total. The minimum atomic E-state index is -1.02. The molecule has 0 aliphatic rings. The number of halogens is 2. The maximum atomic E-state index is 13.3. The zero-order chi connectivity index (χ0) is 11.6. The number of carbonyl (C=O) groups is 1. The monoisotopic (exact) mass is 214 g/mol. The summed E-state index contributed by atoms with van der Waals surface area (Å²) < 4.78 is 26.4. The number of aryl methyl sites for hydroxylation is 1. The number of benzene rings is 1. The number of hydrogen-bond donors (Lipinski definition) is 1. The standard InChI is InChI=1S/C11H12F2O2/c1-6-4-10(13)8(5-9(6)12)3-7(2)11(14)15/h4-5,7H,3H2,1-2H3,(H,14,15). The zero-order valence-corrected chi connectivity index (χ0v) is 8.55. The quantitative estimate of drug-likeness (QED) is 0.839. The second-order valence-corrected chi connectivity index (χ2v) is 3.64. The van der Waals surface area contributed by atoms with Gasteiger partial charge in [0.15, 0.2) is 0 Å². The Balaban J connectivity index is 2.95. The molecule has 0 amide bonds. The summed E-state index contributed by atoms with van der Waals surface area (Å²) in [6.07, 6.45) is -0.00162. The number of carboxylic acid groups (broad SMARTS) is 1.